The highest BCUT2D eigenvalue weighted by Gasteiger charge is 2.39. The van der Waals surface area contributed by atoms with Gasteiger partial charge in [-0.15, -0.1) is 0 Å². The number of para-hydroxylation sites is 1. The van der Waals surface area contributed by atoms with Crippen molar-refractivity contribution in [3.63, 3.8) is 0 Å². The summed E-state index contributed by atoms with van der Waals surface area (Å²) >= 11 is 0. The predicted molar refractivity (Wildman–Crippen MR) is 232 cm³/mol. The van der Waals surface area contributed by atoms with Crippen LogP contribution in [0.3, 0.4) is 0 Å². The van der Waals surface area contributed by atoms with Crippen molar-refractivity contribution in [2.24, 2.45) is 0 Å². The van der Waals surface area contributed by atoms with Gasteiger partial charge in [-0.1, -0.05) is 159 Å². The maximum absolute atomic E-state index is 6.87. The smallest absolute Gasteiger partial charge is 0.143 e. The summed E-state index contributed by atoms with van der Waals surface area (Å²) in [6.07, 6.45) is 4.44. The minimum Gasteiger partial charge on any atom is -0.455 e. The SMILES string of the molecule is CC1(C)C2=C(CCC(N(c3ccccc3-c3ccccc3)c3cc4c(oc5cccc(-c6ccc7ccccc7c6)c54)c4ccccc34)=C2)c2ccccc21. The van der Waals surface area contributed by atoms with E-state index in [0.29, 0.717) is 0 Å². The molecule has 262 valence electrons. The second-order valence-corrected chi connectivity index (χ2v) is 15.6. The van der Waals surface area contributed by atoms with Crippen molar-refractivity contribution in [1.29, 1.82) is 0 Å². The van der Waals surface area contributed by atoms with E-state index >= 15 is 0 Å². The third-order valence-corrected chi connectivity index (χ3v) is 12.2. The molecule has 0 fully saturated rings. The molecular formula is C53H39NO. The lowest BCUT2D eigenvalue weighted by molar-refractivity contribution is 0.648. The first-order valence-corrected chi connectivity index (χ1v) is 19.4. The van der Waals surface area contributed by atoms with E-state index in [4.69, 9.17) is 4.42 Å². The molecule has 2 nitrogen and oxygen atoms in total. The summed E-state index contributed by atoms with van der Waals surface area (Å²) in [7, 11) is 0. The van der Waals surface area contributed by atoms with Crippen LogP contribution >= 0.6 is 0 Å². The van der Waals surface area contributed by atoms with E-state index < -0.39 is 0 Å². The van der Waals surface area contributed by atoms with Gasteiger partial charge in [-0.3, -0.25) is 0 Å². The van der Waals surface area contributed by atoms with E-state index in [0.717, 1.165) is 45.9 Å². The standard InChI is InChI=1S/C53H39NO/c1-53(2)46-24-12-10-20-41(46)42-30-29-38(32-47(42)53)54(48-25-13-11-19-39(48)35-16-4-3-5-17-35)49-33-45-51-40(37-28-27-34-15-6-7-18-36(34)31-37)23-14-26-50(51)55-52(45)44-22-9-8-21-43(44)49/h3-28,31-33H,29-30H2,1-2H3. The lowest BCUT2D eigenvalue weighted by Crippen LogP contribution is -2.22. The number of rotatable bonds is 5. The fourth-order valence-corrected chi connectivity index (χ4v) is 9.55. The number of anilines is 2. The van der Waals surface area contributed by atoms with Crippen molar-refractivity contribution < 1.29 is 4.42 Å². The van der Waals surface area contributed by atoms with E-state index in [1.165, 1.54) is 72.1 Å². The third-order valence-electron chi connectivity index (χ3n) is 12.2. The van der Waals surface area contributed by atoms with Crippen LogP contribution in [0.15, 0.2) is 192 Å². The number of benzene rings is 8. The largest absolute Gasteiger partial charge is 0.455 e. The van der Waals surface area contributed by atoms with Crippen LogP contribution in [0.1, 0.15) is 37.8 Å². The molecule has 1 aromatic heterocycles. The second-order valence-electron chi connectivity index (χ2n) is 15.6. The van der Waals surface area contributed by atoms with E-state index in [9.17, 15) is 0 Å². The Hall–Kier alpha value is -6.64. The van der Waals surface area contributed by atoms with Gasteiger partial charge in [0.25, 0.3) is 0 Å². The molecule has 2 heteroatoms. The summed E-state index contributed by atoms with van der Waals surface area (Å²) in [5, 5.41) is 7.02. The van der Waals surface area contributed by atoms with E-state index in [2.05, 4.69) is 195 Å². The average molecular weight is 706 g/mol. The quantitative estimate of drug-likeness (QED) is 0.177. The van der Waals surface area contributed by atoms with Gasteiger partial charge in [-0.2, -0.15) is 0 Å². The van der Waals surface area contributed by atoms with Gasteiger partial charge in [0.1, 0.15) is 11.2 Å². The van der Waals surface area contributed by atoms with Gasteiger partial charge < -0.3 is 9.32 Å². The van der Waals surface area contributed by atoms with E-state index in [1.54, 1.807) is 0 Å². The van der Waals surface area contributed by atoms with Crippen LogP contribution in [0.25, 0.3) is 71.3 Å². The Morgan fingerprint density at radius 2 is 1.22 bits per heavy atom. The lowest BCUT2D eigenvalue weighted by Gasteiger charge is -2.34. The summed E-state index contributed by atoms with van der Waals surface area (Å²) in [5.41, 5.74) is 15.9. The second kappa shape index (κ2) is 12.2. The maximum Gasteiger partial charge on any atom is 0.143 e. The molecule has 0 amide bonds. The van der Waals surface area contributed by atoms with Gasteiger partial charge in [0.15, 0.2) is 0 Å². The molecule has 0 radical (unpaired) electrons. The molecule has 0 unspecified atom stereocenters. The Labute approximate surface area is 321 Å². The normalized spacial score (nSPS) is 14.8. The fraction of sp³-hybridized carbons (Fsp3) is 0.0943. The van der Waals surface area contributed by atoms with Gasteiger partial charge in [-0.25, -0.2) is 0 Å². The van der Waals surface area contributed by atoms with Crippen LogP contribution in [0, 0.1) is 0 Å². The topological polar surface area (TPSA) is 16.4 Å². The zero-order chi connectivity index (χ0) is 36.7. The number of hydrogen-bond donors (Lipinski definition) is 0. The maximum atomic E-state index is 6.87. The first-order chi connectivity index (χ1) is 27.0. The molecule has 9 aromatic rings. The minimum absolute atomic E-state index is 0.0935. The molecule has 0 saturated heterocycles. The summed E-state index contributed by atoms with van der Waals surface area (Å²) < 4.78 is 6.87. The molecule has 0 bridgehead atoms. The molecule has 8 aromatic carbocycles. The Balaban J connectivity index is 1.21. The predicted octanol–water partition coefficient (Wildman–Crippen LogP) is 14.8. The minimum atomic E-state index is -0.0935. The highest BCUT2D eigenvalue weighted by atomic mass is 16.3. The lowest BCUT2D eigenvalue weighted by atomic mass is 9.79. The van der Waals surface area contributed by atoms with E-state index in [-0.39, 0.29) is 5.41 Å². The first-order valence-electron chi connectivity index (χ1n) is 19.4. The Morgan fingerprint density at radius 3 is 2.09 bits per heavy atom. The highest BCUT2D eigenvalue weighted by Crippen LogP contribution is 2.54. The van der Waals surface area contributed by atoms with Crippen LogP contribution in [-0.2, 0) is 5.41 Å². The molecule has 0 spiro atoms. The van der Waals surface area contributed by atoms with Crippen molar-refractivity contribution >= 4 is 60.4 Å². The fourth-order valence-electron chi connectivity index (χ4n) is 9.55. The zero-order valence-corrected chi connectivity index (χ0v) is 31.0. The molecule has 1 heterocycles. The summed E-state index contributed by atoms with van der Waals surface area (Å²) in [4.78, 5) is 2.57. The summed E-state index contributed by atoms with van der Waals surface area (Å²) in [5.74, 6) is 0. The Kier molecular flexibility index (Phi) is 7.06. The molecule has 2 aliphatic rings. The van der Waals surface area contributed by atoms with Gasteiger partial charge in [0.05, 0.1) is 11.4 Å². The molecule has 0 atom stereocenters. The molecule has 0 saturated carbocycles. The van der Waals surface area contributed by atoms with E-state index in [1.807, 2.05) is 0 Å². The molecule has 2 aliphatic carbocycles. The average Bonchev–Trinajstić information content (AvgIpc) is 3.73. The van der Waals surface area contributed by atoms with Gasteiger partial charge in [-0.05, 0) is 92.9 Å². The Bertz CT molecular complexity index is 3070. The van der Waals surface area contributed by atoms with Crippen LogP contribution < -0.4 is 4.90 Å². The van der Waals surface area contributed by atoms with Crippen LogP contribution in [0.5, 0.6) is 0 Å². The highest BCUT2D eigenvalue weighted by molar-refractivity contribution is 6.22. The zero-order valence-electron chi connectivity index (χ0n) is 31.0. The van der Waals surface area contributed by atoms with Gasteiger partial charge in [0.2, 0.25) is 0 Å². The number of nitrogens with zero attached hydrogens (tertiary/aromatic N) is 1. The van der Waals surface area contributed by atoms with Gasteiger partial charge >= 0.3 is 0 Å². The molecule has 0 N–H and O–H groups in total. The molecule has 55 heavy (non-hydrogen) atoms. The number of furan rings is 1. The molecular weight excluding hydrogens is 667 g/mol. The molecule has 0 aliphatic heterocycles. The Morgan fingerprint density at radius 1 is 0.509 bits per heavy atom. The van der Waals surface area contributed by atoms with Crippen molar-refractivity contribution in [1.82, 2.24) is 0 Å². The van der Waals surface area contributed by atoms with Gasteiger partial charge in [0, 0.05) is 38.2 Å². The first kappa shape index (κ1) is 31.8. The van der Waals surface area contributed by atoms with Crippen molar-refractivity contribution in [2.45, 2.75) is 32.1 Å². The summed E-state index contributed by atoms with van der Waals surface area (Å²) in [6, 6.07) is 61.9. The molecule has 11 rings (SSSR count). The third kappa shape index (κ3) is 4.88. The van der Waals surface area contributed by atoms with Crippen LogP contribution in [-0.4, -0.2) is 0 Å². The van der Waals surface area contributed by atoms with Crippen LogP contribution in [0.4, 0.5) is 11.4 Å². The monoisotopic (exact) mass is 705 g/mol. The summed E-state index contributed by atoms with van der Waals surface area (Å²) in [6.45, 7) is 4.78. The van der Waals surface area contributed by atoms with Crippen molar-refractivity contribution in [3.8, 4) is 22.3 Å². The van der Waals surface area contributed by atoms with Crippen LogP contribution in [0.2, 0.25) is 0 Å². The number of allylic oxidation sites excluding steroid dienone is 4. The van der Waals surface area contributed by atoms with Crippen molar-refractivity contribution in [2.75, 3.05) is 4.90 Å². The number of hydrogen-bond acceptors (Lipinski definition) is 2. The van der Waals surface area contributed by atoms with Crippen molar-refractivity contribution in [3.05, 3.63) is 198 Å². The number of fused-ring (bicyclic) bond motifs is 8.